The van der Waals surface area contributed by atoms with Gasteiger partial charge in [-0.2, -0.15) is 0 Å². The molecule has 4 unspecified atom stereocenters. The van der Waals surface area contributed by atoms with E-state index in [-0.39, 0.29) is 12.8 Å². The van der Waals surface area contributed by atoms with E-state index < -0.39 is 67.0 Å². The van der Waals surface area contributed by atoms with Gasteiger partial charge in [-0.25, -0.2) is 4.79 Å². The highest BCUT2D eigenvalue weighted by atomic mass is 16.4. The Bertz CT molecular complexity index is 567. The average Bonchev–Trinajstić information content (AvgIpc) is 2.58. The van der Waals surface area contributed by atoms with Crippen LogP contribution < -0.4 is 21.7 Å². The normalized spacial score (nSPS) is 15.0. The summed E-state index contributed by atoms with van der Waals surface area (Å²) in [4.78, 5) is 56.6. The van der Waals surface area contributed by atoms with Gasteiger partial charge in [-0.1, -0.05) is 0 Å². The van der Waals surface area contributed by atoms with E-state index >= 15 is 0 Å². The van der Waals surface area contributed by atoms with E-state index in [2.05, 4.69) is 10.6 Å². The molecule has 3 amide bonds. The highest BCUT2D eigenvalue weighted by Crippen LogP contribution is 1.96. The summed E-state index contributed by atoms with van der Waals surface area (Å²) in [5.41, 5.74) is 5.47. The van der Waals surface area contributed by atoms with Gasteiger partial charge < -0.3 is 42.1 Å². The van der Waals surface area contributed by atoms with Crippen LogP contribution in [0.5, 0.6) is 0 Å². The maximum atomic E-state index is 11.9. The number of hydrogen-bond donors (Lipinski definition) is 8. The van der Waals surface area contributed by atoms with Gasteiger partial charge in [0, 0.05) is 6.42 Å². The van der Waals surface area contributed by atoms with Crippen molar-refractivity contribution >= 4 is 29.7 Å². The third-order valence-corrected chi connectivity index (χ3v) is 3.31. The fourth-order valence-electron chi connectivity index (χ4n) is 1.79. The lowest BCUT2D eigenvalue weighted by Crippen LogP contribution is -2.55. The smallest absolute Gasteiger partial charge is 0.328 e. The number of aliphatic carboxylic acids is 2. The number of amides is 3. The molecule has 0 aliphatic heterocycles. The summed E-state index contributed by atoms with van der Waals surface area (Å²) in [5, 5.41) is 42.0. The number of nitrogens with two attached hydrogens (primary N) is 1. The number of aliphatic hydroxyl groups excluding tert-OH is 2. The minimum atomic E-state index is -1.57. The standard InChI is InChI=1S/C14H24N4O9/c1-6(20)11(14(26)27)18-9(21)4-16-13(25)8(5-19)17-12(24)7(15)2-3-10(22)23/h6-8,11,19-20H,2-5,15H2,1H3,(H,16,25)(H,17,24)(H,18,21)(H,22,23)(H,26,27). The fraction of sp³-hybridized carbons (Fsp3) is 0.643. The van der Waals surface area contributed by atoms with Crippen LogP contribution in [0.4, 0.5) is 0 Å². The number of carboxylic acid groups (broad SMARTS) is 2. The van der Waals surface area contributed by atoms with Crippen molar-refractivity contribution in [3.63, 3.8) is 0 Å². The van der Waals surface area contributed by atoms with Gasteiger partial charge in [-0.15, -0.1) is 0 Å². The molecular weight excluding hydrogens is 368 g/mol. The molecule has 0 heterocycles. The van der Waals surface area contributed by atoms with E-state index in [1.54, 1.807) is 0 Å². The van der Waals surface area contributed by atoms with Crippen LogP contribution in [0.3, 0.4) is 0 Å². The number of nitrogens with one attached hydrogen (secondary N) is 3. The molecule has 0 aliphatic rings. The molecule has 0 fully saturated rings. The van der Waals surface area contributed by atoms with E-state index in [1.807, 2.05) is 5.32 Å². The molecule has 0 bridgehead atoms. The molecule has 13 heteroatoms. The molecule has 0 saturated carbocycles. The van der Waals surface area contributed by atoms with Crippen LogP contribution in [0.25, 0.3) is 0 Å². The van der Waals surface area contributed by atoms with Crippen molar-refractivity contribution in [2.45, 2.75) is 44.0 Å². The Morgan fingerprint density at radius 1 is 1.04 bits per heavy atom. The summed E-state index contributed by atoms with van der Waals surface area (Å²) in [6.45, 7) is -0.342. The number of rotatable bonds is 12. The number of carbonyl (C=O) groups is 5. The van der Waals surface area contributed by atoms with Gasteiger partial charge in [-0.3, -0.25) is 19.2 Å². The van der Waals surface area contributed by atoms with E-state index in [1.165, 1.54) is 0 Å². The second-order valence-electron chi connectivity index (χ2n) is 5.62. The second-order valence-corrected chi connectivity index (χ2v) is 5.62. The van der Waals surface area contributed by atoms with Crippen LogP contribution >= 0.6 is 0 Å². The van der Waals surface area contributed by atoms with Crippen molar-refractivity contribution in [2.75, 3.05) is 13.2 Å². The Kier molecular flexibility index (Phi) is 10.6. The molecule has 0 saturated heterocycles. The van der Waals surface area contributed by atoms with E-state index in [9.17, 15) is 34.2 Å². The van der Waals surface area contributed by atoms with Gasteiger partial charge in [0.2, 0.25) is 17.7 Å². The first-order valence-corrected chi connectivity index (χ1v) is 7.86. The average molecular weight is 392 g/mol. The molecule has 0 spiro atoms. The first-order valence-electron chi connectivity index (χ1n) is 7.86. The monoisotopic (exact) mass is 392 g/mol. The first kappa shape index (κ1) is 24.2. The Morgan fingerprint density at radius 2 is 1.63 bits per heavy atom. The Labute approximate surface area is 153 Å². The van der Waals surface area contributed by atoms with Crippen LogP contribution in [0.1, 0.15) is 19.8 Å². The number of hydrogen-bond acceptors (Lipinski definition) is 8. The molecule has 9 N–H and O–H groups in total. The highest BCUT2D eigenvalue weighted by molar-refractivity contribution is 5.92. The lowest BCUT2D eigenvalue weighted by Gasteiger charge is -2.20. The van der Waals surface area contributed by atoms with Crippen LogP contribution in [-0.2, 0) is 24.0 Å². The van der Waals surface area contributed by atoms with Gasteiger partial charge in [0.1, 0.15) is 6.04 Å². The molecule has 0 rings (SSSR count). The molecule has 0 aliphatic carbocycles. The summed E-state index contributed by atoms with van der Waals surface area (Å²) >= 11 is 0. The van der Waals surface area contributed by atoms with Gasteiger partial charge in [0.05, 0.1) is 25.3 Å². The third-order valence-electron chi connectivity index (χ3n) is 3.31. The fourth-order valence-corrected chi connectivity index (χ4v) is 1.79. The lowest BCUT2D eigenvalue weighted by molar-refractivity contribution is -0.144. The van der Waals surface area contributed by atoms with Crippen LogP contribution in [0.2, 0.25) is 0 Å². The number of carbonyl (C=O) groups excluding carboxylic acids is 3. The van der Waals surface area contributed by atoms with Crippen molar-refractivity contribution in [3.05, 3.63) is 0 Å². The lowest BCUT2D eigenvalue weighted by atomic mass is 10.1. The Hall–Kier alpha value is -2.77. The number of aliphatic hydroxyl groups is 2. The molecule has 154 valence electrons. The van der Waals surface area contributed by atoms with E-state index in [0.717, 1.165) is 6.92 Å². The van der Waals surface area contributed by atoms with Crippen molar-refractivity contribution in [3.8, 4) is 0 Å². The number of carboxylic acids is 2. The maximum Gasteiger partial charge on any atom is 0.328 e. The zero-order chi connectivity index (χ0) is 21.1. The summed E-state index contributed by atoms with van der Waals surface area (Å²) in [6, 6.07) is -4.24. The van der Waals surface area contributed by atoms with Crippen molar-refractivity contribution in [1.82, 2.24) is 16.0 Å². The van der Waals surface area contributed by atoms with E-state index in [4.69, 9.17) is 15.9 Å². The SMILES string of the molecule is CC(O)C(NC(=O)CNC(=O)C(CO)NC(=O)C(N)CCC(=O)O)C(=O)O. The van der Waals surface area contributed by atoms with Crippen LogP contribution in [0.15, 0.2) is 0 Å². The Balaban J connectivity index is 4.55. The molecular formula is C14H24N4O9. The minimum Gasteiger partial charge on any atom is -0.481 e. The molecule has 27 heavy (non-hydrogen) atoms. The predicted octanol–water partition coefficient (Wildman–Crippen LogP) is -4.28. The maximum absolute atomic E-state index is 11.9. The Morgan fingerprint density at radius 3 is 2.07 bits per heavy atom. The summed E-state index contributed by atoms with van der Waals surface area (Å²) in [7, 11) is 0. The van der Waals surface area contributed by atoms with Crippen molar-refractivity contribution in [2.24, 2.45) is 5.73 Å². The minimum absolute atomic E-state index is 0.181. The van der Waals surface area contributed by atoms with Crippen molar-refractivity contribution in [1.29, 1.82) is 0 Å². The van der Waals surface area contributed by atoms with Gasteiger partial charge in [-0.05, 0) is 13.3 Å². The van der Waals surface area contributed by atoms with E-state index in [0.29, 0.717) is 0 Å². The summed E-state index contributed by atoms with van der Waals surface area (Å²) in [5.74, 6) is -5.36. The summed E-state index contributed by atoms with van der Waals surface area (Å²) < 4.78 is 0. The topological polar surface area (TPSA) is 228 Å². The van der Waals surface area contributed by atoms with Gasteiger partial charge in [0.15, 0.2) is 6.04 Å². The van der Waals surface area contributed by atoms with Crippen LogP contribution in [-0.4, -0.2) is 87.5 Å². The molecule has 0 radical (unpaired) electrons. The predicted molar refractivity (Wildman–Crippen MR) is 88.1 cm³/mol. The van der Waals surface area contributed by atoms with Crippen molar-refractivity contribution < 1.29 is 44.4 Å². The first-order chi connectivity index (χ1) is 12.5. The van der Waals surface area contributed by atoms with Gasteiger partial charge in [0.25, 0.3) is 0 Å². The van der Waals surface area contributed by atoms with Crippen LogP contribution in [0, 0.1) is 0 Å². The summed E-state index contributed by atoms with van der Waals surface area (Å²) in [6.07, 6.45) is -1.92. The zero-order valence-corrected chi connectivity index (χ0v) is 14.5. The second kappa shape index (κ2) is 11.8. The van der Waals surface area contributed by atoms with Gasteiger partial charge >= 0.3 is 11.9 Å². The third kappa shape index (κ3) is 9.48. The largest absolute Gasteiger partial charge is 0.481 e. The molecule has 0 aromatic carbocycles. The molecule has 4 atom stereocenters. The molecule has 0 aromatic heterocycles. The highest BCUT2D eigenvalue weighted by Gasteiger charge is 2.26. The zero-order valence-electron chi connectivity index (χ0n) is 14.5. The molecule has 0 aromatic rings. The molecule has 13 nitrogen and oxygen atoms in total. The quantitative estimate of drug-likeness (QED) is 0.159.